The molecule has 1 atom stereocenters. The van der Waals surface area contributed by atoms with Crippen molar-refractivity contribution in [1.82, 2.24) is 0 Å². The van der Waals surface area contributed by atoms with Crippen molar-refractivity contribution in [2.24, 2.45) is 0 Å². The molecule has 0 saturated carbocycles. The van der Waals surface area contributed by atoms with Crippen molar-refractivity contribution in [1.29, 1.82) is 0 Å². The molecule has 6 heteroatoms. The predicted octanol–water partition coefficient (Wildman–Crippen LogP) is 0.0218. The van der Waals surface area contributed by atoms with E-state index in [1.165, 1.54) is 6.92 Å². The molecule has 0 aliphatic carbocycles. The molecule has 0 aromatic heterocycles. The average molecular weight is 230 g/mol. The molecule has 1 heterocycles. The molecule has 0 aromatic rings. The molecule has 1 rings (SSSR count). The summed E-state index contributed by atoms with van der Waals surface area (Å²) in [7, 11) is 0. The van der Waals surface area contributed by atoms with Crippen molar-refractivity contribution in [3.63, 3.8) is 0 Å². The minimum atomic E-state index is -0.718. The Morgan fingerprint density at radius 1 is 1.44 bits per heavy atom. The van der Waals surface area contributed by atoms with Gasteiger partial charge in [-0.05, 0) is 6.92 Å². The number of esters is 2. The third-order valence-electron chi connectivity index (χ3n) is 1.72. The number of hydrogen-bond acceptors (Lipinski definition) is 6. The van der Waals surface area contributed by atoms with Gasteiger partial charge in [-0.1, -0.05) is 6.58 Å². The number of carbonyl (C=O) groups excluding carboxylic acids is 2. The van der Waals surface area contributed by atoms with Gasteiger partial charge in [0, 0.05) is 5.57 Å². The first-order valence-corrected chi connectivity index (χ1v) is 4.81. The summed E-state index contributed by atoms with van der Waals surface area (Å²) in [5.74, 6) is -1.30. The molecule has 0 N–H and O–H groups in total. The van der Waals surface area contributed by atoms with Gasteiger partial charge in [0.05, 0.1) is 13.2 Å². The highest BCUT2D eigenvalue weighted by molar-refractivity contribution is 5.88. The van der Waals surface area contributed by atoms with Crippen LogP contribution in [-0.4, -0.2) is 44.7 Å². The Kier molecular flexibility index (Phi) is 4.94. The Bertz CT molecular complexity index is 279. The van der Waals surface area contributed by atoms with Crippen molar-refractivity contribution in [2.45, 2.75) is 13.2 Å². The van der Waals surface area contributed by atoms with E-state index < -0.39 is 24.8 Å². The van der Waals surface area contributed by atoms with Crippen LogP contribution in [0.4, 0.5) is 0 Å². The maximum absolute atomic E-state index is 11.2. The van der Waals surface area contributed by atoms with E-state index in [4.69, 9.17) is 14.2 Å². The fourth-order valence-electron chi connectivity index (χ4n) is 0.962. The van der Waals surface area contributed by atoms with Gasteiger partial charge in [0.2, 0.25) is 6.29 Å². The summed E-state index contributed by atoms with van der Waals surface area (Å²) in [6.07, 6.45) is -0.718. The van der Waals surface area contributed by atoms with Crippen LogP contribution in [0.2, 0.25) is 0 Å². The molecule has 6 nitrogen and oxygen atoms in total. The van der Waals surface area contributed by atoms with E-state index in [0.29, 0.717) is 13.2 Å². The van der Waals surface area contributed by atoms with E-state index in [2.05, 4.69) is 11.3 Å². The minimum absolute atomic E-state index is 0.195. The molecule has 1 aliphatic rings. The van der Waals surface area contributed by atoms with Gasteiger partial charge in [-0.3, -0.25) is 0 Å². The van der Waals surface area contributed by atoms with E-state index in [1.807, 2.05) is 0 Å². The fraction of sp³-hybridized carbons (Fsp3) is 0.600. The highest BCUT2D eigenvalue weighted by atomic mass is 16.7. The molecule has 90 valence electrons. The molecule has 16 heavy (non-hydrogen) atoms. The maximum atomic E-state index is 11.2. The molecular formula is C10H14O6. The van der Waals surface area contributed by atoms with Crippen LogP contribution < -0.4 is 0 Å². The van der Waals surface area contributed by atoms with Gasteiger partial charge in [0.25, 0.3) is 0 Å². The van der Waals surface area contributed by atoms with Crippen molar-refractivity contribution < 1.29 is 28.5 Å². The summed E-state index contributed by atoms with van der Waals surface area (Å²) >= 11 is 0. The van der Waals surface area contributed by atoms with Crippen molar-refractivity contribution in [3.05, 3.63) is 12.2 Å². The molecule has 0 bridgehead atoms. The summed E-state index contributed by atoms with van der Waals surface area (Å²) in [6.45, 7) is 5.47. The van der Waals surface area contributed by atoms with Gasteiger partial charge in [0.15, 0.2) is 6.61 Å². The smallest absolute Gasteiger partial charge is 0.346 e. The number of hydrogen-bond donors (Lipinski definition) is 0. The van der Waals surface area contributed by atoms with Gasteiger partial charge >= 0.3 is 11.9 Å². The van der Waals surface area contributed by atoms with Crippen LogP contribution in [-0.2, 0) is 28.5 Å². The third kappa shape index (κ3) is 4.41. The summed E-state index contributed by atoms with van der Waals surface area (Å²) in [5, 5.41) is 0. The minimum Gasteiger partial charge on any atom is -0.450 e. The van der Waals surface area contributed by atoms with Crippen molar-refractivity contribution >= 4 is 11.9 Å². The molecule has 1 fully saturated rings. The Morgan fingerprint density at radius 2 is 2.19 bits per heavy atom. The Balaban J connectivity index is 2.19. The lowest BCUT2D eigenvalue weighted by atomic mass is 10.4. The second-order valence-electron chi connectivity index (χ2n) is 3.22. The van der Waals surface area contributed by atoms with Gasteiger partial charge in [-0.2, -0.15) is 0 Å². The van der Waals surface area contributed by atoms with Gasteiger partial charge < -0.3 is 18.9 Å². The molecule has 0 amide bonds. The van der Waals surface area contributed by atoms with Gasteiger partial charge in [0.1, 0.15) is 6.61 Å². The van der Waals surface area contributed by atoms with E-state index in [-0.39, 0.29) is 12.2 Å². The Hall–Kier alpha value is -1.40. The van der Waals surface area contributed by atoms with Crippen LogP contribution in [0.1, 0.15) is 6.92 Å². The van der Waals surface area contributed by atoms with Crippen molar-refractivity contribution in [2.75, 3.05) is 26.4 Å². The van der Waals surface area contributed by atoms with Crippen LogP contribution in [0.5, 0.6) is 0 Å². The molecule has 0 aromatic carbocycles. The monoisotopic (exact) mass is 230 g/mol. The summed E-state index contributed by atoms with van der Waals surface area (Å²) < 4.78 is 19.5. The maximum Gasteiger partial charge on any atom is 0.346 e. The van der Waals surface area contributed by atoms with Crippen molar-refractivity contribution in [3.8, 4) is 0 Å². The quantitative estimate of drug-likeness (QED) is 0.501. The highest BCUT2D eigenvalue weighted by Gasteiger charge is 2.19. The van der Waals surface area contributed by atoms with Crippen LogP contribution >= 0.6 is 0 Å². The average Bonchev–Trinajstić information content (AvgIpc) is 2.27. The SMILES string of the molecule is C=C(C)C(=O)OCC(=O)OC1COCCO1. The fourth-order valence-corrected chi connectivity index (χ4v) is 0.962. The molecule has 1 unspecified atom stereocenters. The zero-order valence-electron chi connectivity index (χ0n) is 9.06. The summed E-state index contributed by atoms with van der Waals surface area (Å²) in [4.78, 5) is 22.1. The van der Waals surface area contributed by atoms with Crippen LogP contribution in [0.25, 0.3) is 0 Å². The van der Waals surface area contributed by atoms with Crippen LogP contribution in [0.15, 0.2) is 12.2 Å². The largest absolute Gasteiger partial charge is 0.450 e. The zero-order chi connectivity index (χ0) is 12.0. The van der Waals surface area contributed by atoms with Gasteiger partial charge in [-0.25, -0.2) is 9.59 Å². The third-order valence-corrected chi connectivity index (χ3v) is 1.72. The second-order valence-corrected chi connectivity index (χ2v) is 3.22. The lowest BCUT2D eigenvalue weighted by molar-refractivity contribution is -0.216. The Morgan fingerprint density at radius 3 is 2.75 bits per heavy atom. The first-order valence-electron chi connectivity index (χ1n) is 4.81. The predicted molar refractivity (Wildman–Crippen MR) is 52.4 cm³/mol. The van der Waals surface area contributed by atoms with E-state index in [0.717, 1.165) is 0 Å². The van der Waals surface area contributed by atoms with E-state index >= 15 is 0 Å². The normalized spacial score (nSPS) is 19.9. The number of carbonyl (C=O) groups is 2. The number of ether oxygens (including phenoxy) is 4. The van der Waals surface area contributed by atoms with Crippen LogP contribution in [0.3, 0.4) is 0 Å². The first-order chi connectivity index (χ1) is 7.59. The lowest BCUT2D eigenvalue weighted by Gasteiger charge is -2.22. The first kappa shape index (κ1) is 12.7. The lowest BCUT2D eigenvalue weighted by Crippen LogP contribution is -2.34. The molecule has 1 saturated heterocycles. The zero-order valence-corrected chi connectivity index (χ0v) is 9.06. The molecule has 0 radical (unpaired) electrons. The number of rotatable bonds is 4. The standard InChI is InChI=1S/C10H14O6/c1-7(2)10(12)15-5-8(11)16-9-6-13-3-4-14-9/h9H,1,3-6H2,2H3. The van der Waals surface area contributed by atoms with Gasteiger partial charge in [-0.15, -0.1) is 0 Å². The summed E-state index contributed by atoms with van der Waals surface area (Å²) in [6, 6.07) is 0. The van der Waals surface area contributed by atoms with Crippen LogP contribution in [0, 0.1) is 0 Å². The molecule has 0 spiro atoms. The summed E-state index contributed by atoms with van der Waals surface area (Å²) in [5.41, 5.74) is 0.227. The Labute approximate surface area is 93.1 Å². The van der Waals surface area contributed by atoms with E-state index in [1.54, 1.807) is 0 Å². The molecular weight excluding hydrogens is 216 g/mol. The topological polar surface area (TPSA) is 71.1 Å². The molecule has 1 aliphatic heterocycles. The second kappa shape index (κ2) is 6.24. The van der Waals surface area contributed by atoms with E-state index in [9.17, 15) is 9.59 Å². The highest BCUT2D eigenvalue weighted by Crippen LogP contribution is 2.03.